The average molecular weight is 604 g/mol. The van der Waals surface area contributed by atoms with Crippen LogP contribution in [0, 0.1) is 17.6 Å². The standard InChI is InChI=1S/C24H17BrF7N5O/c25-16-7-13(33)8-34-20(16)17(5-10-3-11(26)6-12(27)4-10)35-18(38)9-37-22-19(21(36-37)24(30,31)32)14-1-2-15(14)23(22,28)29/h1-4,6-8,14-15,17H,5,9,33H2,(H,35,38)/t14-,15+,17-/m0/s1. The molecule has 3 aromatic rings. The summed E-state index contributed by atoms with van der Waals surface area (Å²) in [6, 6.07) is 3.13. The van der Waals surface area contributed by atoms with Crippen molar-refractivity contribution in [2.45, 2.75) is 37.0 Å². The molecule has 14 heteroatoms. The molecule has 3 N–H and O–H groups in total. The van der Waals surface area contributed by atoms with E-state index in [1.807, 2.05) is 0 Å². The molecule has 1 amide bonds. The lowest BCUT2D eigenvalue weighted by Crippen LogP contribution is -2.35. The van der Waals surface area contributed by atoms with Gasteiger partial charge in [0.2, 0.25) is 5.91 Å². The number of hydrogen-bond acceptors (Lipinski definition) is 4. The van der Waals surface area contributed by atoms with Crippen LogP contribution in [0.25, 0.3) is 0 Å². The van der Waals surface area contributed by atoms with Crippen molar-refractivity contribution in [2.24, 2.45) is 5.92 Å². The third kappa shape index (κ3) is 4.54. The van der Waals surface area contributed by atoms with Crippen LogP contribution >= 0.6 is 15.9 Å². The summed E-state index contributed by atoms with van der Waals surface area (Å²) in [6.07, 6.45) is -1.54. The monoisotopic (exact) mass is 603 g/mol. The zero-order valence-electron chi connectivity index (χ0n) is 19.0. The van der Waals surface area contributed by atoms with Gasteiger partial charge in [0.05, 0.1) is 29.5 Å². The Balaban J connectivity index is 1.47. The lowest BCUT2D eigenvalue weighted by molar-refractivity contribution is -0.142. The van der Waals surface area contributed by atoms with Crippen LogP contribution in [-0.2, 0) is 29.9 Å². The van der Waals surface area contributed by atoms with Gasteiger partial charge in [-0.25, -0.2) is 8.78 Å². The van der Waals surface area contributed by atoms with E-state index in [1.165, 1.54) is 18.3 Å². The van der Waals surface area contributed by atoms with Gasteiger partial charge in [-0.05, 0) is 46.1 Å². The maximum absolute atomic E-state index is 15.0. The van der Waals surface area contributed by atoms with E-state index in [4.69, 9.17) is 5.73 Å². The maximum Gasteiger partial charge on any atom is 0.435 e. The molecule has 0 fully saturated rings. The quantitative estimate of drug-likeness (QED) is 0.292. The molecular weight excluding hydrogens is 587 g/mol. The molecule has 2 aliphatic carbocycles. The molecular formula is C24H17BrF7N5O. The number of alkyl halides is 5. The van der Waals surface area contributed by atoms with Crippen molar-refractivity contribution in [3.8, 4) is 0 Å². The molecule has 200 valence electrons. The van der Waals surface area contributed by atoms with Gasteiger partial charge in [0.25, 0.3) is 5.92 Å². The Labute approximate surface area is 218 Å². The third-order valence-corrected chi connectivity index (χ3v) is 7.08. The number of nitrogens with one attached hydrogen (secondary N) is 1. The highest BCUT2D eigenvalue weighted by molar-refractivity contribution is 9.10. The van der Waals surface area contributed by atoms with E-state index in [1.54, 1.807) is 0 Å². The summed E-state index contributed by atoms with van der Waals surface area (Å²) in [7, 11) is 0. The Hall–Kier alpha value is -3.42. The number of pyridine rings is 1. The number of amides is 1. The van der Waals surface area contributed by atoms with E-state index in [0.717, 1.165) is 18.2 Å². The number of benzene rings is 1. The summed E-state index contributed by atoms with van der Waals surface area (Å²) in [5.41, 5.74) is 3.22. The van der Waals surface area contributed by atoms with Crippen LogP contribution in [0.5, 0.6) is 0 Å². The number of nitrogen functional groups attached to an aromatic ring is 1. The number of nitrogens with zero attached hydrogens (tertiary/aromatic N) is 3. The van der Waals surface area contributed by atoms with Gasteiger partial charge in [0.15, 0.2) is 5.69 Å². The molecule has 2 aliphatic rings. The highest BCUT2D eigenvalue weighted by Gasteiger charge is 2.61. The molecule has 0 saturated heterocycles. The predicted molar refractivity (Wildman–Crippen MR) is 124 cm³/mol. The summed E-state index contributed by atoms with van der Waals surface area (Å²) in [4.78, 5) is 17.2. The number of rotatable bonds is 6. The number of allylic oxidation sites excluding steroid dienone is 2. The first-order valence-corrected chi connectivity index (χ1v) is 11.9. The Bertz CT molecular complexity index is 1450. The van der Waals surface area contributed by atoms with Crippen LogP contribution in [0.3, 0.4) is 0 Å². The van der Waals surface area contributed by atoms with E-state index in [2.05, 4.69) is 31.3 Å². The van der Waals surface area contributed by atoms with Gasteiger partial charge in [-0.15, -0.1) is 0 Å². The van der Waals surface area contributed by atoms with Gasteiger partial charge in [0, 0.05) is 22.0 Å². The topological polar surface area (TPSA) is 85.8 Å². The van der Waals surface area contributed by atoms with Gasteiger partial charge in [0.1, 0.15) is 23.9 Å². The first-order chi connectivity index (χ1) is 17.8. The van der Waals surface area contributed by atoms with Crippen LogP contribution in [0.2, 0.25) is 0 Å². The fourth-order valence-corrected chi connectivity index (χ4v) is 5.50. The predicted octanol–water partition coefficient (Wildman–Crippen LogP) is 5.40. The largest absolute Gasteiger partial charge is 0.435 e. The van der Waals surface area contributed by atoms with Crippen LogP contribution in [0.1, 0.15) is 40.2 Å². The molecule has 5 rings (SSSR count). The Kier molecular flexibility index (Phi) is 6.27. The van der Waals surface area contributed by atoms with Crippen molar-refractivity contribution < 1.29 is 35.5 Å². The van der Waals surface area contributed by atoms with Crippen LogP contribution in [0.4, 0.5) is 36.4 Å². The Morgan fingerprint density at radius 1 is 1.16 bits per heavy atom. The number of aromatic nitrogens is 3. The number of nitrogens with two attached hydrogens (primary N) is 1. The van der Waals surface area contributed by atoms with Crippen molar-refractivity contribution in [2.75, 3.05) is 5.73 Å². The fourth-order valence-electron chi connectivity index (χ4n) is 4.86. The average Bonchev–Trinajstić information content (AvgIpc) is 3.17. The Morgan fingerprint density at radius 3 is 2.42 bits per heavy atom. The molecule has 0 aliphatic heterocycles. The zero-order valence-corrected chi connectivity index (χ0v) is 20.6. The van der Waals surface area contributed by atoms with E-state index in [9.17, 15) is 26.7 Å². The van der Waals surface area contributed by atoms with E-state index in [-0.39, 0.29) is 23.4 Å². The van der Waals surface area contributed by atoms with Gasteiger partial charge >= 0.3 is 6.18 Å². The minimum absolute atomic E-state index is 0.131. The molecule has 0 saturated carbocycles. The van der Waals surface area contributed by atoms with Crippen LogP contribution in [-0.4, -0.2) is 20.7 Å². The molecule has 3 atom stereocenters. The van der Waals surface area contributed by atoms with E-state index in [0.29, 0.717) is 15.2 Å². The normalized spacial score (nSPS) is 20.0. The molecule has 2 aromatic heterocycles. The molecule has 0 radical (unpaired) electrons. The van der Waals surface area contributed by atoms with E-state index < -0.39 is 71.0 Å². The Morgan fingerprint density at radius 2 is 1.84 bits per heavy atom. The lowest BCUT2D eigenvalue weighted by atomic mass is 9.81. The van der Waals surface area contributed by atoms with Crippen molar-refractivity contribution in [3.05, 3.63) is 86.9 Å². The first kappa shape index (κ1) is 26.2. The molecule has 2 heterocycles. The van der Waals surface area contributed by atoms with E-state index >= 15 is 8.78 Å². The minimum Gasteiger partial charge on any atom is -0.397 e. The smallest absolute Gasteiger partial charge is 0.397 e. The number of fused-ring (bicyclic) bond motifs is 3. The fraction of sp³-hybridized carbons (Fsp3) is 0.292. The highest BCUT2D eigenvalue weighted by atomic mass is 79.9. The third-order valence-electron chi connectivity index (χ3n) is 6.45. The number of halogens is 8. The summed E-state index contributed by atoms with van der Waals surface area (Å²) in [6.45, 7) is -0.964. The minimum atomic E-state index is -5.01. The van der Waals surface area contributed by atoms with Crippen molar-refractivity contribution >= 4 is 27.5 Å². The summed E-state index contributed by atoms with van der Waals surface area (Å²) in [5.74, 6) is -8.97. The molecule has 0 bridgehead atoms. The summed E-state index contributed by atoms with van der Waals surface area (Å²) in [5, 5.41) is 5.86. The van der Waals surface area contributed by atoms with Crippen LogP contribution in [0.15, 0.2) is 47.1 Å². The lowest BCUT2D eigenvalue weighted by Gasteiger charge is -2.27. The second-order valence-electron chi connectivity index (χ2n) is 9.06. The molecule has 6 nitrogen and oxygen atoms in total. The summed E-state index contributed by atoms with van der Waals surface area (Å²) < 4.78 is 99.3. The molecule has 0 spiro atoms. The number of carbonyl (C=O) groups excluding carboxylic acids is 1. The number of anilines is 1. The highest BCUT2D eigenvalue weighted by Crippen LogP contribution is 2.60. The summed E-state index contributed by atoms with van der Waals surface area (Å²) >= 11 is 3.26. The maximum atomic E-state index is 15.0. The number of hydrogen-bond donors (Lipinski definition) is 2. The molecule has 38 heavy (non-hydrogen) atoms. The van der Waals surface area contributed by atoms with Crippen molar-refractivity contribution in [3.63, 3.8) is 0 Å². The zero-order chi connectivity index (χ0) is 27.6. The molecule has 0 unspecified atom stereocenters. The van der Waals surface area contributed by atoms with Crippen molar-refractivity contribution in [1.82, 2.24) is 20.1 Å². The van der Waals surface area contributed by atoms with Gasteiger partial charge < -0.3 is 11.1 Å². The van der Waals surface area contributed by atoms with Crippen LogP contribution < -0.4 is 11.1 Å². The number of carbonyl (C=O) groups is 1. The second-order valence-corrected chi connectivity index (χ2v) is 9.92. The van der Waals surface area contributed by atoms with Crippen molar-refractivity contribution in [1.29, 1.82) is 0 Å². The first-order valence-electron chi connectivity index (χ1n) is 11.2. The van der Waals surface area contributed by atoms with Gasteiger partial charge in [-0.3, -0.25) is 14.5 Å². The second kappa shape index (κ2) is 9.10. The SMILES string of the molecule is Nc1cnc([C@H](Cc2cc(F)cc(F)c2)NC(=O)Cn2nc(C(F)(F)F)c3c2C(F)(F)[C@@H]2C=C[C@H]32)c(Br)c1. The van der Waals surface area contributed by atoms with Gasteiger partial charge in [-0.1, -0.05) is 12.2 Å². The van der Waals surface area contributed by atoms with Gasteiger partial charge in [-0.2, -0.15) is 27.1 Å². The molecule has 1 aromatic carbocycles.